The fraction of sp³-hybridized carbons (Fsp3) is 0.857. The number of ether oxygens (including phenoxy) is 1. The van der Waals surface area contributed by atoms with Gasteiger partial charge in [0.15, 0.2) is 0 Å². The van der Waals surface area contributed by atoms with Gasteiger partial charge in [0.2, 0.25) is 0 Å². The van der Waals surface area contributed by atoms with Crippen molar-refractivity contribution in [1.82, 2.24) is 0 Å². The highest BCUT2D eigenvalue weighted by Crippen LogP contribution is 2.43. The van der Waals surface area contributed by atoms with Crippen LogP contribution in [0.2, 0.25) is 0 Å². The molecule has 86 valence electrons. The van der Waals surface area contributed by atoms with E-state index in [4.69, 9.17) is 4.74 Å². The van der Waals surface area contributed by atoms with E-state index < -0.39 is 0 Å². The molecular formula is C14H24O. The molecule has 0 heterocycles. The van der Waals surface area contributed by atoms with Crippen molar-refractivity contribution in [3.8, 4) is 0 Å². The number of allylic oxidation sites excluding steroid dienone is 1. The molecule has 0 aromatic rings. The molecule has 0 aliphatic heterocycles. The summed E-state index contributed by atoms with van der Waals surface area (Å²) in [4.78, 5) is 0. The third kappa shape index (κ3) is 2.28. The van der Waals surface area contributed by atoms with Gasteiger partial charge in [-0.25, -0.2) is 0 Å². The molecule has 0 spiro atoms. The summed E-state index contributed by atoms with van der Waals surface area (Å²) >= 11 is 0. The van der Waals surface area contributed by atoms with Gasteiger partial charge in [0.1, 0.15) is 0 Å². The normalized spacial score (nSPS) is 40.9. The van der Waals surface area contributed by atoms with Crippen molar-refractivity contribution in [2.75, 3.05) is 7.11 Å². The Bertz CT molecular complexity index is 244. The molecule has 3 aliphatic carbocycles. The standard InChI is InChI=1S/C14H24O/c1-4-12-9-13(15-3)8-11-5-6-14(12)10(2)7-11/h8,10,12-14H,4-7,9H2,1-3H3. The summed E-state index contributed by atoms with van der Waals surface area (Å²) in [7, 11) is 1.85. The smallest absolute Gasteiger partial charge is 0.0757 e. The van der Waals surface area contributed by atoms with Crippen LogP contribution in [0.5, 0.6) is 0 Å². The minimum Gasteiger partial charge on any atom is -0.377 e. The van der Waals surface area contributed by atoms with E-state index in [1.54, 1.807) is 5.57 Å². The van der Waals surface area contributed by atoms with Gasteiger partial charge >= 0.3 is 0 Å². The molecule has 4 unspecified atom stereocenters. The van der Waals surface area contributed by atoms with Crippen molar-refractivity contribution in [3.05, 3.63) is 11.6 Å². The average molecular weight is 208 g/mol. The summed E-state index contributed by atoms with van der Waals surface area (Å²) in [6, 6.07) is 0. The minimum atomic E-state index is 0.389. The highest BCUT2D eigenvalue weighted by Gasteiger charge is 2.33. The van der Waals surface area contributed by atoms with Crippen LogP contribution < -0.4 is 0 Å². The first-order valence-electron chi connectivity index (χ1n) is 6.47. The first-order valence-corrected chi connectivity index (χ1v) is 6.47. The van der Waals surface area contributed by atoms with E-state index in [1.807, 2.05) is 7.11 Å². The lowest BCUT2D eigenvalue weighted by molar-refractivity contribution is 0.0752. The monoisotopic (exact) mass is 208 g/mol. The van der Waals surface area contributed by atoms with Gasteiger partial charge in [0, 0.05) is 7.11 Å². The van der Waals surface area contributed by atoms with Gasteiger partial charge in [-0.15, -0.1) is 0 Å². The summed E-state index contributed by atoms with van der Waals surface area (Å²) in [6.07, 6.45) is 9.42. The van der Waals surface area contributed by atoms with Gasteiger partial charge < -0.3 is 4.74 Å². The molecule has 1 fully saturated rings. The average Bonchev–Trinajstić information content (AvgIpc) is 2.20. The van der Waals surface area contributed by atoms with E-state index in [9.17, 15) is 0 Å². The van der Waals surface area contributed by atoms with Crippen LogP contribution in [0.25, 0.3) is 0 Å². The van der Waals surface area contributed by atoms with Gasteiger partial charge in [-0.05, 0) is 43.4 Å². The third-order valence-electron chi connectivity index (χ3n) is 4.50. The molecule has 1 saturated carbocycles. The van der Waals surface area contributed by atoms with Gasteiger partial charge in [0.05, 0.1) is 6.10 Å². The number of methoxy groups -OCH3 is 1. The third-order valence-corrected chi connectivity index (χ3v) is 4.50. The molecule has 0 aromatic heterocycles. The quantitative estimate of drug-likeness (QED) is 0.627. The van der Waals surface area contributed by atoms with Crippen molar-refractivity contribution in [2.45, 2.75) is 52.1 Å². The van der Waals surface area contributed by atoms with E-state index >= 15 is 0 Å². The molecule has 0 amide bonds. The Morgan fingerprint density at radius 3 is 2.87 bits per heavy atom. The van der Waals surface area contributed by atoms with Crippen LogP contribution in [0, 0.1) is 17.8 Å². The molecular weight excluding hydrogens is 184 g/mol. The zero-order valence-electron chi connectivity index (χ0n) is 10.3. The summed E-state index contributed by atoms with van der Waals surface area (Å²) in [5, 5.41) is 0. The predicted molar refractivity (Wildman–Crippen MR) is 63.8 cm³/mol. The van der Waals surface area contributed by atoms with Crippen LogP contribution in [0.4, 0.5) is 0 Å². The topological polar surface area (TPSA) is 9.23 Å². The summed E-state index contributed by atoms with van der Waals surface area (Å²) < 4.78 is 5.57. The van der Waals surface area contributed by atoms with E-state index in [1.165, 1.54) is 32.1 Å². The summed E-state index contributed by atoms with van der Waals surface area (Å²) in [5.74, 6) is 2.72. The molecule has 3 rings (SSSR count). The molecule has 3 aliphatic rings. The van der Waals surface area contributed by atoms with Gasteiger partial charge in [-0.3, -0.25) is 0 Å². The lowest BCUT2D eigenvalue weighted by Gasteiger charge is -2.40. The maximum atomic E-state index is 5.57. The highest BCUT2D eigenvalue weighted by molar-refractivity contribution is 5.12. The van der Waals surface area contributed by atoms with Crippen LogP contribution in [-0.2, 0) is 4.74 Å². The second-order valence-electron chi connectivity index (χ2n) is 5.39. The van der Waals surface area contributed by atoms with Gasteiger partial charge in [0.25, 0.3) is 0 Å². The zero-order valence-corrected chi connectivity index (χ0v) is 10.3. The molecule has 0 N–H and O–H groups in total. The SMILES string of the molecule is CCC1CC(OC)C=C2CCC1C(C)C2. The Kier molecular flexibility index (Phi) is 3.50. The van der Waals surface area contributed by atoms with E-state index in [2.05, 4.69) is 19.9 Å². The molecule has 1 nitrogen and oxygen atoms in total. The van der Waals surface area contributed by atoms with Gasteiger partial charge in [-0.1, -0.05) is 31.9 Å². The maximum Gasteiger partial charge on any atom is 0.0757 e. The number of fused-ring (bicyclic) bond motifs is 5. The van der Waals surface area contributed by atoms with Crippen LogP contribution >= 0.6 is 0 Å². The molecule has 15 heavy (non-hydrogen) atoms. The number of hydrogen-bond donors (Lipinski definition) is 0. The molecule has 2 bridgehead atoms. The fourth-order valence-corrected chi connectivity index (χ4v) is 3.59. The molecule has 1 heteroatoms. The second-order valence-corrected chi connectivity index (χ2v) is 5.39. The summed E-state index contributed by atoms with van der Waals surface area (Å²) in [5.41, 5.74) is 1.65. The molecule has 4 atom stereocenters. The first-order chi connectivity index (χ1) is 7.24. The number of rotatable bonds is 2. The van der Waals surface area contributed by atoms with E-state index in [0.29, 0.717) is 6.10 Å². The Labute approximate surface area is 93.9 Å². The molecule has 0 radical (unpaired) electrons. The Balaban J connectivity index is 2.21. The van der Waals surface area contributed by atoms with Crippen molar-refractivity contribution in [1.29, 1.82) is 0 Å². The van der Waals surface area contributed by atoms with Crippen LogP contribution in [0.15, 0.2) is 11.6 Å². The Morgan fingerprint density at radius 1 is 1.47 bits per heavy atom. The first kappa shape index (κ1) is 11.2. The van der Waals surface area contributed by atoms with Crippen LogP contribution in [0.3, 0.4) is 0 Å². The van der Waals surface area contributed by atoms with Crippen molar-refractivity contribution < 1.29 is 4.74 Å². The molecule has 0 saturated heterocycles. The minimum absolute atomic E-state index is 0.389. The van der Waals surface area contributed by atoms with E-state index in [0.717, 1.165) is 17.8 Å². The zero-order chi connectivity index (χ0) is 10.8. The van der Waals surface area contributed by atoms with Crippen molar-refractivity contribution in [3.63, 3.8) is 0 Å². The van der Waals surface area contributed by atoms with Crippen LogP contribution in [0.1, 0.15) is 46.0 Å². The number of hydrogen-bond acceptors (Lipinski definition) is 1. The highest BCUT2D eigenvalue weighted by atomic mass is 16.5. The largest absolute Gasteiger partial charge is 0.377 e. The van der Waals surface area contributed by atoms with Crippen molar-refractivity contribution >= 4 is 0 Å². The van der Waals surface area contributed by atoms with Crippen LogP contribution in [-0.4, -0.2) is 13.2 Å². The lowest BCUT2D eigenvalue weighted by atomic mass is 9.67. The Hall–Kier alpha value is -0.300. The lowest BCUT2D eigenvalue weighted by Crippen LogP contribution is -2.31. The fourth-order valence-electron chi connectivity index (χ4n) is 3.59. The summed E-state index contributed by atoms with van der Waals surface area (Å²) in [6.45, 7) is 4.78. The van der Waals surface area contributed by atoms with Crippen molar-refractivity contribution in [2.24, 2.45) is 17.8 Å². The van der Waals surface area contributed by atoms with Gasteiger partial charge in [-0.2, -0.15) is 0 Å². The molecule has 0 aromatic carbocycles. The Morgan fingerprint density at radius 2 is 2.27 bits per heavy atom. The maximum absolute atomic E-state index is 5.57. The van der Waals surface area contributed by atoms with E-state index in [-0.39, 0.29) is 0 Å². The predicted octanol–water partition coefficient (Wildman–Crippen LogP) is 3.79. The second kappa shape index (κ2) is 4.69.